The first-order chi connectivity index (χ1) is 10.5. The molecule has 0 aliphatic heterocycles. The van der Waals surface area contributed by atoms with E-state index in [2.05, 4.69) is 24.2 Å². The first-order valence-corrected chi connectivity index (χ1v) is 7.84. The number of hydrogen-bond acceptors (Lipinski definition) is 2. The molecule has 1 N–H and O–H groups in total. The molecule has 1 rings (SSSR count). The van der Waals surface area contributed by atoms with Crippen molar-refractivity contribution in [1.82, 2.24) is 10.2 Å². The van der Waals surface area contributed by atoms with Gasteiger partial charge in [0.1, 0.15) is 5.82 Å². The minimum atomic E-state index is -0.214. The monoisotopic (exact) mass is 437 g/mol. The first-order valence-electron chi connectivity index (χ1n) is 7.84. The second-order valence-corrected chi connectivity index (χ2v) is 5.69. The number of hydrogen-bond donors (Lipinski definition) is 1. The zero-order valence-electron chi connectivity index (χ0n) is 14.5. The SMILES string of the molecule is CCNC(=NCCOCC(C)C)N(C)Cc1ccc(F)cc1.I. The lowest BCUT2D eigenvalue weighted by atomic mass is 10.2. The Morgan fingerprint density at radius 2 is 1.96 bits per heavy atom. The third kappa shape index (κ3) is 9.76. The number of ether oxygens (including phenoxy) is 1. The van der Waals surface area contributed by atoms with Crippen molar-refractivity contribution < 1.29 is 9.13 Å². The highest BCUT2D eigenvalue weighted by Gasteiger charge is 2.06. The number of halogens is 2. The molecule has 0 saturated carbocycles. The molecule has 132 valence electrons. The molecular formula is C17H29FIN3O. The third-order valence-corrected chi connectivity index (χ3v) is 2.98. The number of nitrogens with zero attached hydrogens (tertiary/aromatic N) is 2. The molecule has 0 aliphatic carbocycles. The van der Waals surface area contributed by atoms with Crippen LogP contribution in [0.3, 0.4) is 0 Å². The van der Waals surface area contributed by atoms with Gasteiger partial charge in [0.05, 0.1) is 13.2 Å². The van der Waals surface area contributed by atoms with Crippen molar-refractivity contribution in [3.05, 3.63) is 35.6 Å². The molecule has 0 bridgehead atoms. The van der Waals surface area contributed by atoms with Gasteiger partial charge >= 0.3 is 0 Å². The predicted molar refractivity (Wildman–Crippen MR) is 105 cm³/mol. The topological polar surface area (TPSA) is 36.9 Å². The van der Waals surface area contributed by atoms with Crippen molar-refractivity contribution in [2.75, 3.05) is 33.4 Å². The Kier molecular flexibility index (Phi) is 12.0. The average Bonchev–Trinajstić information content (AvgIpc) is 2.47. The van der Waals surface area contributed by atoms with Crippen LogP contribution >= 0.6 is 24.0 Å². The third-order valence-electron chi connectivity index (χ3n) is 2.98. The average molecular weight is 437 g/mol. The van der Waals surface area contributed by atoms with E-state index in [0.717, 1.165) is 24.7 Å². The van der Waals surface area contributed by atoms with Crippen molar-refractivity contribution in [2.45, 2.75) is 27.3 Å². The molecule has 6 heteroatoms. The molecule has 0 heterocycles. The Morgan fingerprint density at radius 1 is 1.30 bits per heavy atom. The van der Waals surface area contributed by atoms with Gasteiger partial charge in [0, 0.05) is 26.7 Å². The lowest BCUT2D eigenvalue weighted by Crippen LogP contribution is -2.38. The van der Waals surface area contributed by atoms with Gasteiger partial charge in [0.15, 0.2) is 5.96 Å². The van der Waals surface area contributed by atoms with E-state index in [-0.39, 0.29) is 29.8 Å². The molecule has 1 aromatic rings. The fourth-order valence-corrected chi connectivity index (χ4v) is 1.94. The van der Waals surface area contributed by atoms with Crippen molar-refractivity contribution >= 4 is 29.9 Å². The number of aliphatic imine (C=N–C) groups is 1. The van der Waals surface area contributed by atoms with E-state index in [1.54, 1.807) is 12.1 Å². The van der Waals surface area contributed by atoms with E-state index in [0.29, 0.717) is 25.6 Å². The van der Waals surface area contributed by atoms with Gasteiger partial charge in [-0.2, -0.15) is 0 Å². The summed E-state index contributed by atoms with van der Waals surface area (Å²) in [5.41, 5.74) is 1.05. The van der Waals surface area contributed by atoms with Gasteiger partial charge in [-0.1, -0.05) is 26.0 Å². The van der Waals surface area contributed by atoms with Gasteiger partial charge in [-0.25, -0.2) is 4.39 Å². The molecule has 0 unspecified atom stereocenters. The summed E-state index contributed by atoms with van der Waals surface area (Å²) >= 11 is 0. The van der Waals surface area contributed by atoms with E-state index in [9.17, 15) is 4.39 Å². The van der Waals surface area contributed by atoms with Crippen LogP contribution in [0.25, 0.3) is 0 Å². The summed E-state index contributed by atoms with van der Waals surface area (Å²) in [5, 5.41) is 3.26. The summed E-state index contributed by atoms with van der Waals surface area (Å²) in [6, 6.07) is 6.54. The highest BCUT2D eigenvalue weighted by atomic mass is 127. The maximum Gasteiger partial charge on any atom is 0.194 e. The molecule has 0 aliphatic rings. The Bertz CT molecular complexity index is 452. The molecule has 0 saturated heterocycles. The number of guanidine groups is 1. The second-order valence-electron chi connectivity index (χ2n) is 5.69. The van der Waals surface area contributed by atoms with Crippen molar-refractivity contribution in [2.24, 2.45) is 10.9 Å². The second kappa shape index (κ2) is 12.5. The van der Waals surface area contributed by atoms with E-state index >= 15 is 0 Å². The van der Waals surface area contributed by atoms with Gasteiger partial charge in [-0.15, -0.1) is 24.0 Å². The molecule has 0 aromatic heterocycles. The van der Waals surface area contributed by atoms with E-state index < -0.39 is 0 Å². The zero-order valence-corrected chi connectivity index (χ0v) is 16.8. The van der Waals surface area contributed by atoms with Gasteiger partial charge in [0.2, 0.25) is 0 Å². The zero-order chi connectivity index (χ0) is 16.4. The maximum absolute atomic E-state index is 12.9. The Labute approximate surface area is 156 Å². The molecule has 23 heavy (non-hydrogen) atoms. The Hall–Kier alpha value is -0.890. The lowest BCUT2D eigenvalue weighted by Gasteiger charge is -2.22. The van der Waals surface area contributed by atoms with Crippen LogP contribution in [0.2, 0.25) is 0 Å². The molecule has 0 fully saturated rings. The Morgan fingerprint density at radius 3 is 2.52 bits per heavy atom. The quantitative estimate of drug-likeness (QED) is 0.293. The summed E-state index contributed by atoms with van der Waals surface area (Å²) in [7, 11) is 1.97. The van der Waals surface area contributed by atoms with Gasteiger partial charge in [-0.05, 0) is 30.5 Å². The minimum absolute atomic E-state index is 0. The maximum atomic E-state index is 12.9. The van der Waals surface area contributed by atoms with Crippen LogP contribution in [0.5, 0.6) is 0 Å². The van der Waals surface area contributed by atoms with Crippen molar-refractivity contribution in [3.63, 3.8) is 0 Å². The van der Waals surface area contributed by atoms with Crippen LogP contribution < -0.4 is 5.32 Å². The van der Waals surface area contributed by atoms with Crippen LogP contribution in [0.15, 0.2) is 29.3 Å². The number of benzene rings is 1. The molecule has 0 radical (unpaired) electrons. The Balaban J connectivity index is 0.00000484. The van der Waals surface area contributed by atoms with Crippen LogP contribution in [-0.4, -0.2) is 44.2 Å². The predicted octanol–water partition coefficient (Wildman–Crippen LogP) is 3.51. The van der Waals surface area contributed by atoms with Crippen LogP contribution in [-0.2, 0) is 11.3 Å². The summed E-state index contributed by atoms with van der Waals surface area (Å²) in [6.07, 6.45) is 0. The lowest BCUT2D eigenvalue weighted by molar-refractivity contribution is 0.116. The normalized spacial score (nSPS) is 11.3. The van der Waals surface area contributed by atoms with Gasteiger partial charge in [0.25, 0.3) is 0 Å². The van der Waals surface area contributed by atoms with Crippen molar-refractivity contribution in [1.29, 1.82) is 0 Å². The first kappa shape index (κ1) is 22.1. The largest absolute Gasteiger partial charge is 0.379 e. The number of nitrogens with one attached hydrogen (secondary N) is 1. The fourth-order valence-electron chi connectivity index (χ4n) is 1.94. The van der Waals surface area contributed by atoms with Crippen LogP contribution in [0, 0.1) is 11.7 Å². The van der Waals surface area contributed by atoms with Crippen LogP contribution in [0.4, 0.5) is 4.39 Å². The van der Waals surface area contributed by atoms with E-state index in [1.165, 1.54) is 12.1 Å². The molecule has 0 amide bonds. The molecular weight excluding hydrogens is 408 g/mol. The fraction of sp³-hybridized carbons (Fsp3) is 0.588. The van der Waals surface area contributed by atoms with E-state index in [1.807, 2.05) is 18.9 Å². The smallest absolute Gasteiger partial charge is 0.194 e. The summed E-state index contributed by atoms with van der Waals surface area (Å²) in [4.78, 5) is 6.58. The molecule has 0 atom stereocenters. The summed E-state index contributed by atoms with van der Waals surface area (Å²) < 4.78 is 18.5. The van der Waals surface area contributed by atoms with Gasteiger partial charge in [-0.3, -0.25) is 4.99 Å². The highest BCUT2D eigenvalue weighted by molar-refractivity contribution is 14.0. The minimum Gasteiger partial charge on any atom is -0.379 e. The van der Waals surface area contributed by atoms with E-state index in [4.69, 9.17) is 4.74 Å². The molecule has 4 nitrogen and oxygen atoms in total. The summed E-state index contributed by atoms with van der Waals surface area (Å²) in [5.74, 6) is 1.16. The standard InChI is InChI=1S/C17H28FN3O.HI/c1-5-19-17(20-10-11-22-13-14(2)3)21(4)12-15-6-8-16(18)9-7-15;/h6-9,14H,5,10-13H2,1-4H3,(H,19,20);1H. The molecule has 1 aromatic carbocycles. The summed E-state index contributed by atoms with van der Waals surface area (Å²) in [6.45, 7) is 9.79. The highest BCUT2D eigenvalue weighted by Crippen LogP contribution is 2.05. The van der Waals surface area contributed by atoms with Crippen molar-refractivity contribution in [3.8, 4) is 0 Å². The van der Waals surface area contributed by atoms with Crippen LogP contribution in [0.1, 0.15) is 26.3 Å². The molecule has 0 spiro atoms. The number of rotatable bonds is 8. The van der Waals surface area contributed by atoms with Gasteiger partial charge < -0.3 is 15.0 Å².